The molecule has 3 rings (SSSR count). The molecule has 0 radical (unpaired) electrons. The first-order valence-electron chi connectivity index (χ1n) is 9.52. The lowest BCUT2D eigenvalue weighted by atomic mass is 10.0. The number of carbonyl (C=O) groups is 3. The SMILES string of the molecule is COc1ccc(C)cc1N1C[C@H](C(=O)OCC(=O)c2ccc(C)cc2C)CC1=O. The van der Waals surface area contributed by atoms with Crippen molar-refractivity contribution in [1.29, 1.82) is 0 Å². The Bertz CT molecular complexity index is 966. The van der Waals surface area contributed by atoms with Gasteiger partial charge in [-0.1, -0.05) is 29.8 Å². The molecule has 0 spiro atoms. The van der Waals surface area contributed by atoms with Crippen molar-refractivity contribution in [3.63, 3.8) is 0 Å². The molecule has 2 aromatic rings. The minimum atomic E-state index is -0.611. The van der Waals surface area contributed by atoms with Crippen LogP contribution in [0.3, 0.4) is 0 Å². The Morgan fingerprint density at radius 1 is 1.07 bits per heavy atom. The second-order valence-electron chi connectivity index (χ2n) is 7.43. The molecule has 0 aromatic heterocycles. The summed E-state index contributed by atoms with van der Waals surface area (Å²) in [6.07, 6.45) is 0.0493. The number of anilines is 1. The van der Waals surface area contributed by atoms with Crippen LogP contribution < -0.4 is 9.64 Å². The second kappa shape index (κ2) is 8.47. The number of hydrogen-bond acceptors (Lipinski definition) is 5. The Balaban J connectivity index is 1.65. The van der Waals surface area contributed by atoms with E-state index in [0.717, 1.165) is 16.7 Å². The summed E-state index contributed by atoms with van der Waals surface area (Å²) >= 11 is 0. The third-order valence-electron chi connectivity index (χ3n) is 5.11. The van der Waals surface area contributed by atoms with Crippen molar-refractivity contribution in [3.05, 3.63) is 58.7 Å². The quantitative estimate of drug-likeness (QED) is 0.554. The highest BCUT2D eigenvalue weighted by molar-refractivity contribution is 6.02. The van der Waals surface area contributed by atoms with E-state index in [1.807, 2.05) is 45.0 Å². The Kier molecular flexibility index (Phi) is 6.01. The summed E-state index contributed by atoms with van der Waals surface area (Å²) < 4.78 is 10.6. The zero-order chi connectivity index (χ0) is 21.1. The Morgan fingerprint density at radius 2 is 1.76 bits per heavy atom. The number of rotatable bonds is 6. The van der Waals surface area contributed by atoms with Crippen LogP contribution in [-0.4, -0.2) is 37.9 Å². The molecular weight excluding hydrogens is 370 g/mol. The van der Waals surface area contributed by atoms with Gasteiger partial charge in [-0.2, -0.15) is 0 Å². The van der Waals surface area contributed by atoms with Crippen molar-refractivity contribution in [2.75, 3.05) is 25.2 Å². The topological polar surface area (TPSA) is 72.9 Å². The summed E-state index contributed by atoms with van der Waals surface area (Å²) in [4.78, 5) is 38.9. The fourth-order valence-electron chi connectivity index (χ4n) is 3.57. The second-order valence-corrected chi connectivity index (χ2v) is 7.43. The van der Waals surface area contributed by atoms with Crippen molar-refractivity contribution in [2.45, 2.75) is 27.2 Å². The van der Waals surface area contributed by atoms with Crippen LogP contribution >= 0.6 is 0 Å². The van der Waals surface area contributed by atoms with Gasteiger partial charge in [-0.25, -0.2) is 0 Å². The highest BCUT2D eigenvalue weighted by Crippen LogP contribution is 2.34. The van der Waals surface area contributed by atoms with Crippen LogP contribution in [0.25, 0.3) is 0 Å². The number of aryl methyl sites for hydroxylation is 3. The maximum Gasteiger partial charge on any atom is 0.311 e. The number of ketones is 1. The molecule has 1 aliphatic heterocycles. The number of nitrogens with zero attached hydrogens (tertiary/aromatic N) is 1. The smallest absolute Gasteiger partial charge is 0.311 e. The summed E-state index contributed by atoms with van der Waals surface area (Å²) in [5.74, 6) is -0.998. The molecule has 1 aliphatic rings. The van der Waals surface area contributed by atoms with Crippen LogP contribution in [0, 0.1) is 26.7 Å². The predicted octanol–water partition coefficient (Wildman–Crippen LogP) is 3.40. The Morgan fingerprint density at radius 3 is 2.45 bits per heavy atom. The van der Waals surface area contributed by atoms with Crippen LogP contribution in [0.2, 0.25) is 0 Å². The van der Waals surface area contributed by atoms with Gasteiger partial charge in [0.1, 0.15) is 5.75 Å². The molecular formula is C23H25NO5. The van der Waals surface area contributed by atoms with E-state index in [0.29, 0.717) is 17.0 Å². The molecule has 0 N–H and O–H groups in total. The summed E-state index contributed by atoms with van der Waals surface area (Å²) in [5, 5.41) is 0. The average molecular weight is 395 g/mol. The largest absolute Gasteiger partial charge is 0.495 e. The molecule has 1 amide bonds. The summed E-state index contributed by atoms with van der Waals surface area (Å²) in [7, 11) is 1.54. The number of methoxy groups -OCH3 is 1. The van der Waals surface area contributed by atoms with Gasteiger partial charge in [-0.3, -0.25) is 14.4 Å². The standard InChI is InChI=1S/C23H25NO5/c1-14-5-7-18(16(3)9-14)20(25)13-29-23(27)17-11-22(26)24(12-17)19-10-15(2)6-8-21(19)28-4/h5-10,17H,11-13H2,1-4H3/t17-/m1/s1. The third-order valence-corrected chi connectivity index (χ3v) is 5.11. The van der Waals surface area contributed by atoms with Gasteiger partial charge in [0.2, 0.25) is 11.7 Å². The first kappa shape index (κ1) is 20.6. The average Bonchev–Trinajstić information content (AvgIpc) is 3.07. The highest BCUT2D eigenvalue weighted by atomic mass is 16.5. The molecule has 152 valence electrons. The maximum absolute atomic E-state index is 12.5. The third kappa shape index (κ3) is 4.47. The lowest BCUT2D eigenvalue weighted by molar-refractivity contribution is -0.147. The minimum Gasteiger partial charge on any atom is -0.495 e. The number of amides is 1. The molecule has 1 fully saturated rings. The zero-order valence-electron chi connectivity index (χ0n) is 17.2. The van der Waals surface area contributed by atoms with Gasteiger partial charge in [0, 0.05) is 18.5 Å². The summed E-state index contributed by atoms with van der Waals surface area (Å²) in [6, 6.07) is 11.1. The molecule has 1 saturated heterocycles. The first-order chi connectivity index (χ1) is 13.8. The number of esters is 1. The van der Waals surface area contributed by atoms with E-state index in [9.17, 15) is 14.4 Å². The van der Waals surface area contributed by atoms with Crippen molar-refractivity contribution in [1.82, 2.24) is 0 Å². The lowest BCUT2D eigenvalue weighted by Gasteiger charge is -2.20. The lowest BCUT2D eigenvalue weighted by Crippen LogP contribution is -2.27. The van der Waals surface area contributed by atoms with Gasteiger partial charge in [-0.15, -0.1) is 0 Å². The van der Waals surface area contributed by atoms with Crippen LogP contribution in [0.5, 0.6) is 5.75 Å². The van der Waals surface area contributed by atoms with Crippen molar-refractivity contribution in [3.8, 4) is 5.75 Å². The van der Waals surface area contributed by atoms with E-state index in [-0.39, 0.29) is 31.3 Å². The molecule has 0 bridgehead atoms. The number of benzene rings is 2. The van der Waals surface area contributed by atoms with Crippen LogP contribution in [0.1, 0.15) is 33.5 Å². The first-order valence-corrected chi connectivity index (χ1v) is 9.52. The molecule has 6 heteroatoms. The van der Waals surface area contributed by atoms with Crippen molar-refractivity contribution < 1.29 is 23.9 Å². The summed E-state index contributed by atoms with van der Waals surface area (Å²) in [6.45, 7) is 5.60. The van der Waals surface area contributed by atoms with Crippen LogP contribution in [0.4, 0.5) is 5.69 Å². The van der Waals surface area contributed by atoms with Crippen molar-refractivity contribution >= 4 is 23.3 Å². The molecule has 0 unspecified atom stereocenters. The summed E-state index contributed by atoms with van der Waals surface area (Å²) in [5.41, 5.74) is 4.07. The van der Waals surface area contributed by atoms with Gasteiger partial charge < -0.3 is 14.4 Å². The predicted molar refractivity (Wildman–Crippen MR) is 109 cm³/mol. The zero-order valence-corrected chi connectivity index (χ0v) is 17.2. The van der Waals surface area contributed by atoms with E-state index in [1.54, 1.807) is 24.1 Å². The minimum absolute atomic E-state index is 0.0493. The van der Waals surface area contributed by atoms with Gasteiger partial charge in [0.25, 0.3) is 0 Å². The Hall–Kier alpha value is -3.15. The van der Waals surface area contributed by atoms with Gasteiger partial charge in [0.15, 0.2) is 6.61 Å². The van der Waals surface area contributed by atoms with Gasteiger partial charge in [-0.05, 0) is 44.0 Å². The van der Waals surface area contributed by atoms with E-state index >= 15 is 0 Å². The molecule has 0 saturated carbocycles. The number of hydrogen-bond donors (Lipinski definition) is 0. The fourth-order valence-corrected chi connectivity index (χ4v) is 3.57. The van der Waals surface area contributed by atoms with E-state index in [1.165, 1.54) is 0 Å². The number of ether oxygens (including phenoxy) is 2. The molecule has 2 aromatic carbocycles. The van der Waals surface area contributed by atoms with E-state index in [4.69, 9.17) is 9.47 Å². The fraction of sp³-hybridized carbons (Fsp3) is 0.348. The van der Waals surface area contributed by atoms with Crippen molar-refractivity contribution in [2.24, 2.45) is 5.92 Å². The highest BCUT2D eigenvalue weighted by Gasteiger charge is 2.37. The monoisotopic (exact) mass is 395 g/mol. The molecule has 1 heterocycles. The Labute approximate surface area is 170 Å². The normalized spacial score (nSPS) is 16.1. The van der Waals surface area contributed by atoms with Gasteiger partial charge in [0.05, 0.1) is 18.7 Å². The van der Waals surface area contributed by atoms with E-state index < -0.39 is 11.9 Å². The van der Waals surface area contributed by atoms with Crippen LogP contribution in [-0.2, 0) is 14.3 Å². The molecule has 29 heavy (non-hydrogen) atoms. The molecule has 0 aliphatic carbocycles. The molecule has 1 atom stereocenters. The maximum atomic E-state index is 12.5. The van der Waals surface area contributed by atoms with Crippen LogP contribution in [0.15, 0.2) is 36.4 Å². The van der Waals surface area contributed by atoms with Gasteiger partial charge >= 0.3 is 5.97 Å². The number of Topliss-reactive ketones (excluding diaryl/α,β-unsaturated/α-hetero) is 1. The number of carbonyl (C=O) groups excluding carboxylic acids is 3. The molecule has 6 nitrogen and oxygen atoms in total. The van der Waals surface area contributed by atoms with E-state index in [2.05, 4.69) is 0 Å².